The van der Waals surface area contributed by atoms with E-state index in [4.69, 9.17) is 4.52 Å². The van der Waals surface area contributed by atoms with Crippen molar-refractivity contribution in [3.8, 4) is 11.5 Å². The maximum atomic E-state index is 12.5. The molecule has 3 heterocycles. The van der Waals surface area contributed by atoms with Gasteiger partial charge in [-0.15, -0.1) is 5.10 Å². The van der Waals surface area contributed by atoms with Crippen molar-refractivity contribution in [1.82, 2.24) is 30.6 Å². The van der Waals surface area contributed by atoms with Crippen LogP contribution in [0.5, 0.6) is 0 Å². The van der Waals surface area contributed by atoms with Gasteiger partial charge < -0.3 is 9.84 Å². The van der Waals surface area contributed by atoms with E-state index in [2.05, 4.69) is 61.7 Å². The van der Waals surface area contributed by atoms with Crippen LogP contribution in [0, 0.1) is 6.92 Å². The molecule has 3 aromatic rings. The van der Waals surface area contributed by atoms with Crippen molar-refractivity contribution in [2.24, 2.45) is 0 Å². The summed E-state index contributed by atoms with van der Waals surface area (Å²) in [5.41, 5.74) is 2.93. The zero-order valence-electron chi connectivity index (χ0n) is 15.0. The molecule has 1 saturated heterocycles. The van der Waals surface area contributed by atoms with E-state index in [-0.39, 0.29) is 11.9 Å². The Morgan fingerprint density at radius 3 is 2.89 bits per heavy atom. The minimum Gasteiger partial charge on any atom is -0.353 e. The van der Waals surface area contributed by atoms with Crippen LogP contribution < -0.4 is 5.32 Å². The van der Waals surface area contributed by atoms with Gasteiger partial charge in [-0.25, -0.2) is 0 Å². The summed E-state index contributed by atoms with van der Waals surface area (Å²) >= 11 is 0. The van der Waals surface area contributed by atoms with E-state index < -0.39 is 0 Å². The highest BCUT2D eigenvalue weighted by molar-refractivity contribution is 5.82. The van der Waals surface area contributed by atoms with Crippen LogP contribution in [0.2, 0.25) is 0 Å². The molecule has 27 heavy (non-hydrogen) atoms. The monoisotopic (exact) mass is 364 g/mol. The van der Waals surface area contributed by atoms with Gasteiger partial charge in [0.2, 0.25) is 17.6 Å². The molecular formula is C19H20N6O2. The fraction of sp³-hybridized carbons (Fsp3) is 0.316. The summed E-state index contributed by atoms with van der Waals surface area (Å²) in [6.45, 7) is 4.17. The molecule has 0 bridgehead atoms. The average molecular weight is 364 g/mol. The molecule has 0 saturated carbocycles. The van der Waals surface area contributed by atoms with Crippen LogP contribution in [0.4, 0.5) is 0 Å². The van der Waals surface area contributed by atoms with Crippen LogP contribution in [0.15, 0.2) is 47.1 Å². The Balaban J connectivity index is 1.50. The minimum absolute atomic E-state index is 0.0207. The Kier molecular flexibility index (Phi) is 4.88. The third-order valence-electron chi connectivity index (χ3n) is 4.59. The molecular weight excluding hydrogens is 344 g/mol. The first-order chi connectivity index (χ1) is 13.2. The number of carbonyl (C=O) groups excluding carboxylic acids is 1. The third kappa shape index (κ3) is 4.01. The van der Waals surface area contributed by atoms with Crippen LogP contribution in [-0.2, 0) is 17.8 Å². The minimum atomic E-state index is -0.352. The second-order valence-corrected chi connectivity index (χ2v) is 6.59. The SMILES string of the molecule is Cc1ccc(CN2CCNC(=O)C2Cc2nc(-c3cccnn3)no2)cc1. The zero-order valence-corrected chi connectivity index (χ0v) is 15.0. The number of amides is 1. The van der Waals surface area contributed by atoms with E-state index in [1.54, 1.807) is 18.3 Å². The molecule has 8 nitrogen and oxygen atoms in total. The molecule has 1 aliphatic heterocycles. The lowest BCUT2D eigenvalue weighted by molar-refractivity contribution is -0.129. The van der Waals surface area contributed by atoms with Crippen molar-refractivity contribution in [2.45, 2.75) is 25.9 Å². The maximum Gasteiger partial charge on any atom is 0.237 e. The summed E-state index contributed by atoms with van der Waals surface area (Å²) in [6, 6.07) is 11.5. The van der Waals surface area contributed by atoms with Crippen LogP contribution in [0.25, 0.3) is 11.5 Å². The lowest BCUT2D eigenvalue weighted by atomic mass is 10.1. The molecule has 0 aliphatic carbocycles. The van der Waals surface area contributed by atoms with E-state index in [9.17, 15) is 4.79 Å². The van der Waals surface area contributed by atoms with Gasteiger partial charge in [0.05, 0.1) is 12.5 Å². The van der Waals surface area contributed by atoms with Gasteiger partial charge in [0.15, 0.2) is 0 Å². The molecule has 1 aliphatic rings. The Bertz CT molecular complexity index is 909. The summed E-state index contributed by atoms with van der Waals surface area (Å²) < 4.78 is 5.35. The number of rotatable bonds is 5. The van der Waals surface area contributed by atoms with Gasteiger partial charge in [-0.1, -0.05) is 35.0 Å². The van der Waals surface area contributed by atoms with Gasteiger partial charge in [-0.3, -0.25) is 9.69 Å². The molecule has 1 N–H and O–H groups in total. The predicted octanol–water partition coefficient (Wildman–Crippen LogP) is 1.38. The molecule has 1 fully saturated rings. The number of hydrogen-bond acceptors (Lipinski definition) is 7. The first-order valence-electron chi connectivity index (χ1n) is 8.87. The number of aromatic nitrogens is 4. The number of nitrogens with zero attached hydrogens (tertiary/aromatic N) is 5. The fourth-order valence-electron chi connectivity index (χ4n) is 3.13. The molecule has 138 valence electrons. The predicted molar refractivity (Wildman–Crippen MR) is 97.4 cm³/mol. The van der Waals surface area contributed by atoms with Gasteiger partial charge in [-0.05, 0) is 24.6 Å². The van der Waals surface area contributed by atoms with E-state index in [0.29, 0.717) is 36.9 Å². The van der Waals surface area contributed by atoms with Gasteiger partial charge >= 0.3 is 0 Å². The van der Waals surface area contributed by atoms with E-state index in [0.717, 1.165) is 6.54 Å². The quantitative estimate of drug-likeness (QED) is 0.730. The van der Waals surface area contributed by atoms with E-state index in [1.807, 2.05) is 0 Å². The number of nitrogens with one attached hydrogen (secondary N) is 1. The number of hydrogen-bond donors (Lipinski definition) is 1. The second-order valence-electron chi connectivity index (χ2n) is 6.59. The molecule has 1 unspecified atom stereocenters. The Morgan fingerprint density at radius 2 is 2.11 bits per heavy atom. The molecule has 4 rings (SSSR count). The van der Waals surface area contributed by atoms with Crippen molar-refractivity contribution in [2.75, 3.05) is 13.1 Å². The average Bonchev–Trinajstić information content (AvgIpc) is 3.16. The second kappa shape index (κ2) is 7.63. The summed E-state index contributed by atoms with van der Waals surface area (Å²) in [4.78, 5) is 19.0. The van der Waals surface area contributed by atoms with Crippen LogP contribution in [0.1, 0.15) is 17.0 Å². The van der Waals surface area contributed by atoms with Crippen molar-refractivity contribution in [3.63, 3.8) is 0 Å². The molecule has 8 heteroatoms. The number of benzene rings is 1. The van der Waals surface area contributed by atoms with Gasteiger partial charge in [0.25, 0.3) is 0 Å². The van der Waals surface area contributed by atoms with Crippen LogP contribution in [-0.4, -0.2) is 50.3 Å². The number of carbonyl (C=O) groups is 1. The topological polar surface area (TPSA) is 97.0 Å². The Morgan fingerprint density at radius 1 is 1.26 bits per heavy atom. The van der Waals surface area contributed by atoms with E-state index >= 15 is 0 Å². The number of aryl methyl sites for hydroxylation is 1. The normalized spacial score (nSPS) is 17.7. The lowest BCUT2D eigenvalue weighted by Gasteiger charge is -2.34. The molecule has 2 aromatic heterocycles. The highest BCUT2D eigenvalue weighted by Gasteiger charge is 2.31. The highest BCUT2D eigenvalue weighted by Crippen LogP contribution is 2.17. The summed E-state index contributed by atoms with van der Waals surface area (Å²) in [6.07, 6.45) is 1.94. The zero-order chi connectivity index (χ0) is 18.6. The molecule has 1 atom stereocenters. The molecule has 0 radical (unpaired) electrons. The molecule has 1 aromatic carbocycles. The Labute approximate surface area is 156 Å². The smallest absolute Gasteiger partial charge is 0.237 e. The lowest BCUT2D eigenvalue weighted by Crippen LogP contribution is -2.55. The summed E-state index contributed by atoms with van der Waals surface area (Å²) in [5, 5.41) is 14.7. The van der Waals surface area contributed by atoms with Gasteiger partial charge in [0.1, 0.15) is 5.69 Å². The van der Waals surface area contributed by atoms with Gasteiger partial charge in [-0.2, -0.15) is 10.1 Å². The molecule has 0 spiro atoms. The fourth-order valence-corrected chi connectivity index (χ4v) is 3.13. The van der Waals surface area contributed by atoms with Crippen molar-refractivity contribution < 1.29 is 9.32 Å². The maximum absolute atomic E-state index is 12.5. The summed E-state index contributed by atoms with van der Waals surface area (Å²) in [7, 11) is 0. The van der Waals surface area contributed by atoms with Crippen LogP contribution in [0.3, 0.4) is 0 Å². The van der Waals surface area contributed by atoms with Crippen molar-refractivity contribution in [3.05, 3.63) is 59.6 Å². The largest absolute Gasteiger partial charge is 0.353 e. The summed E-state index contributed by atoms with van der Waals surface area (Å²) in [5.74, 6) is 0.763. The number of piperazine rings is 1. The first-order valence-corrected chi connectivity index (χ1v) is 8.87. The van der Waals surface area contributed by atoms with Crippen molar-refractivity contribution in [1.29, 1.82) is 0 Å². The van der Waals surface area contributed by atoms with Crippen LogP contribution >= 0.6 is 0 Å². The van der Waals surface area contributed by atoms with Gasteiger partial charge in [0, 0.05) is 25.8 Å². The van der Waals surface area contributed by atoms with E-state index in [1.165, 1.54) is 11.1 Å². The molecule has 1 amide bonds. The third-order valence-corrected chi connectivity index (χ3v) is 4.59. The Hall–Kier alpha value is -3.13. The van der Waals surface area contributed by atoms with Crippen molar-refractivity contribution >= 4 is 5.91 Å². The standard InChI is InChI=1S/C19H20N6O2/c1-13-4-6-14(7-5-13)12-25-10-9-20-19(26)16(25)11-17-22-18(24-27-17)15-3-2-8-21-23-15/h2-8,16H,9-12H2,1H3,(H,20,26). The highest BCUT2D eigenvalue weighted by atomic mass is 16.5. The first kappa shape index (κ1) is 17.3.